The van der Waals surface area contributed by atoms with Crippen LogP contribution in [0.15, 0.2) is 58.7 Å². The van der Waals surface area contributed by atoms with E-state index in [1.54, 1.807) is 29.8 Å². The summed E-state index contributed by atoms with van der Waals surface area (Å²) in [5.41, 5.74) is 6.16. The molecule has 1 saturated carbocycles. The summed E-state index contributed by atoms with van der Waals surface area (Å²) in [7, 11) is 0. The second-order valence-corrected chi connectivity index (χ2v) is 10.1. The summed E-state index contributed by atoms with van der Waals surface area (Å²) >= 11 is 5.88. The van der Waals surface area contributed by atoms with Crippen molar-refractivity contribution >= 4 is 23.4 Å². The van der Waals surface area contributed by atoms with E-state index in [0.29, 0.717) is 23.0 Å². The number of amides is 1. The molecule has 3 atom stereocenters. The van der Waals surface area contributed by atoms with Crippen molar-refractivity contribution in [2.45, 2.75) is 59.0 Å². The lowest BCUT2D eigenvalue weighted by atomic mass is 9.64. The number of carbonyl (C=O) groups excluding carboxylic acids is 1. The molecule has 0 aromatic heterocycles. The molecule has 4 rings (SSSR count). The SMILES string of the molecule is CC(C)C1=C2C3=CC=C(COC(=O)Nc4ccc(Cl)cc4)CC(O)C3CCC2(C)CC1. The third-order valence-corrected chi connectivity index (χ3v) is 7.43. The van der Waals surface area contributed by atoms with Gasteiger partial charge < -0.3 is 9.84 Å². The minimum Gasteiger partial charge on any atom is -0.445 e. The number of aliphatic hydroxyl groups is 1. The van der Waals surface area contributed by atoms with Crippen molar-refractivity contribution in [3.8, 4) is 0 Å². The maximum Gasteiger partial charge on any atom is 0.411 e. The quantitative estimate of drug-likeness (QED) is 0.548. The average Bonchev–Trinajstić information content (AvgIpc) is 3.00. The molecule has 1 amide bonds. The Kier molecular flexibility index (Phi) is 6.32. The van der Waals surface area contributed by atoms with E-state index in [2.05, 4.69) is 38.2 Å². The lowest BCUT2D eigenvalue weighted by Gasteiger charge is -2.41. The summed E-state index contributed by atoms with van der Waals surface area (Å²) in [5.74, 6) is 0.687. The first-order valence-electron chi connectivity index (χ1n) is 11.3. The fourth-order valence-electron chi connectivity index (χ4n) is 5.47. The Bertz CT molecular complexity index is 944. The molecule has 2 N–H and O–H groups in total. The van der Waals surface area contributed by atoms with Crippen LogP contribution in [-0.2, 0) is 4.74 Å². The van der Waals surface area contributed by atoms with Crippen LogP contribution >= 0.6 is 11.6 Å². The highest BCUT2D eigenvalue weighted by molar-refractivity contribution is 6.30. The highest BCUT2D eigenvalue weighted by atomic mass is 35.5. The zero-order chi connectivity index (χ0) is 22.2. The number of nitrogens with one attached hydrogen (secondary N) is 1. The lowest BCUT2D eigenvalue weighted by molar-refractivity contribution is 0.0997. The number of halogens is 1. The number of aliphatic hydroxyl groups excluding tert-OH is 1. The van der Waals surface area contributed by atoms with Crippen LogP contribution in [0.5, 0.6) is 0 Å². The molecule has 4 nitrogen and oxygen atoms in total. The van der Waals surface area contributed by atoms with Crippen LogP contribution in [0.3, 0.4) is 0 Å². The first-order valence-corrected chi connectivity index (χ1v) is 11.7. The van der Waals surface area contributed by atoms with Crippen molar-refractivity contribution in [3.63, 3.8) is 0 Å². The summed E-state index contributed by atoms with van der Waals surface area (Å²) in [4.78, 5) is 12.2. The third kappa shape index (κ3) is 4.61. The predicted molar refractivity (Wildman–Crippen MR) is 125 cm³/mol. The van der Waals surface area contributed by atoms with E-state index in [0.717, 1.165) is 24.8 Å². The van der Waals surface area contributed by atoms with Gasteiger partial charge in [-0.3, -0.25) is 5.32 Å². The molecule has 3 unspecified atom stereocenters. The Morgan fingerprint density at radius 1 is 1.26 bits per heavy atom. The summed E-state index contributed by atoms with van der Waals surface area (Å²) < 4.78 is 5.44. The second-order valence-electron chi connectivity index (χ2n) is 9.69. The maximum atomic E-state index is 12.2. The zero-order valence-corrected chi connectivity index (χ0v) is 19.3. The molecule has 0 saturated heterocycles. The lowest BCUT2D eigenvalue weighted by Crippen LogP contribution is -2.33. The molecule has 166 valence electrons. The number of anilines is 1. The van der Waals surface area contributed by atoms with Crippen LogP contribution in [-0.4, -0.2) is 23.9 Å². The fraction of sp³-hybridized carbons (Fsp3) is 0.500. The number of fused-ring (bicyclic) bond motifs is 3. The Morgan fingerprint density at radius 3 is 2.71 bits per heavy atom. The summed E-state index contributed by atoms with van der Waals surface area (Å²) in [6, 6.07) is 6.89. The maximum absolute atomic E-state index is 12.2. The van der Waals surface area contributed by atoms with E-state index in [9.17, 15) is 9.90 Å². The third-order valence-electron chi connectivity index (χ3n) is 7.18. The second kappa shape index (κ2) is 8.84. The highest BCUT2D eigenvalue weighted by Gasteiger charge is 2.46. The molecule has 3 aliphatic rings. The summed E-state index contributed by atoms with van der Waals surface area (Å²) in [6.45, 7) is 7.11. The number of rotatable bonds is 4. The Hall–Kier alpha value is -2.04. The molecule has 0 radical (unpaired) electrons. The van der Waals surface area contributed by atoms with Gasteiger partial charge in [0, 0.05) is 16.6 Å². The molecule has 0 bridgehead atoms. The van der Waals surface area contributed by atoms with Gasteiger partial charge in [-0.15, -0.1) is 0 Å². The Balaban J connectivity index is 1.49. The van der Waals surface area contributed by atoms with Crippen molar-refractivity contribution in [2.75, 3.05) is 11.9 Å². The van der Waals surface area contributed by atoms with Gasteiger partial charge in [-0.1, -0.05) is 50.1 Å². The van der Waals surface area contributed by atoms with Gasteiger partial charge in [-0.25, -0.2) is 4.79 Å². The number of ether oxygens (including phenoxy) is 1. The van der Waals surface area contributed by atoms with Gasteiger partial charge >= 0.3 is 6.09 Å². The van der Waals surface area contributed by atoms with Gasteiger partial charge in [0.15, 0.2) is 0 Å². The molecule has 3 aliphatic carbocycles. The molecule has 1 aromatic carbocycles. The first-order chi connectivity index (χ1) is 14.8. The van der Waals surface area contributed by atoms with Crippen LogP contribution in [0.25, 0.3) is 0 Å². The van der Waals surface area contributed by atoms with E-state index in [1.807, 2.05) is 0 Å². The van der Waals surface area contributed by atoms with Crippen LogP contribution in [0.2, 0.25) is 5.02 Å². The molecule has 5 heteroatoms. The zero-order valence-electron chi connectivity index (χ0n) is 18.6. The first kappa shape index (κ1) is 22.2. The van der Waals surface area contributed by atoms with Crippen LogP contribution in [0.4, 0.5) is 10.5 Å². The minimum atomic E-state index is -0.514. The summed E-state index contributed by atoms with van der Waals surface area (Å²) in [6.07, 6.45) is 8.33. The Labute approximate surface area is 190 Å². The molecular weight excluding hydrogens is 410 g/mol. The normalized spacial score (nSPS) is 27.8. The standard InChI is InChI=1S/C26H32ClNO3/c1-16(2)20-10-12-26(3)13-11-21-22(24(20)26)9-4-17(14-23(21)29)15-31-25(30)28-19-7-5-18(27)6-8-19/h4-9,16,21,23,29H,10-15H2,1-3H3,(H,28,30). The van der Waals surface area contributed by atoms with Crippen LogP contribution in [0, 0.1) is 17.3 Å². The van der Waals surface area contributed by atoms with E-state index < -0.39 is 12.2 Å². The van der Waals surface area contributed by atoms with Gasteiger partial charge in [-0.05, 0) is 84.4 Å². The van der Waals surface area contributed by atoms with Crippen molar-refractivity contribution in [3.05, 3.63) is 63.7 Å². The number of allylic oxidation sites excluding steroid dienone is 4. The van der Waals surface area contributed by atoms with Gasteiger partial charge in [0.1, 0.15) is 6.61 Å². The minimum absolute atomic E-state index is 0.159. The van der Waals surface area contributed by atoms with Gasteiger partial charge in [0.25, 0.3) is 0 Å². The molecule has 31 heavy (non-hydrogen) atoms. The number of carbonyl (C=O) groups is 1. The highest BCUT2D eigenvalue weighted by Crippen LogP contribution is 2.57. The van der Waals surface area contributed by atoms with Gasteiger partial charge in [-0.2, -0.15) is 0 Å². The van der Waals surface area contributed by atoms with Crippen molar-refractivity contribution < 1.29 is 14.6 Å². The Morgan fingerprint density at radius 2 is 2.00 bits per heavy atom. The van der Waals surface area contributed by atoms with E-state index in [4.69, 9.17) is 16.3 Å². The van der Waals surface area contributed by atoms with Gasteiger partial charge in [0.2, 0.25) is 0 Å². The number of hydrogen-bond donors (Lipinski definition) is 2. The molecule has 0 spiro atoms. The van der Waals surface area contributed by atoms with Crippen LogP contribution < -0.4 is 5.32 Å². The monoisotopic (exact) mass is 441 g/mol. The molecular formula is C26H32ClNO3. The number of benzene rings is 1. The van der Waals surface area contributed by atoms with Crippen molar-refractivity contribution in [1.82, 2.24) is 0 Å². The molecule has 1 aromatic rings. The van der Waals surface area contributed by atoms with Crippen LogP contribution in [0.1, 0.15) is 52.9 Å². The fourth-order valence-corrected chi connectivity index (χ4v) is 5.60. The average molecular weight is 442 g/mol. The topological polar surface area (TPSA) is 58.6 Å². The van der Waals surface area contributed by atoms with Gasteiger partial charge in [0.05, 0.1) is 6.10 Å². The largest absolute Gasteiger partial charge is 0.445 e. The smallest absolute Gasteiger partial charge is 0.411 e. The number of hydrogen-bond acceptors (Lipinski definition) is 3. The van der Waals surface area contributed by atoms with Crippen molar-refractivity contribution in [2.24, 2.45) is 17.3 Å². The summed E-state index contributed by atoms with van der Waals surface area (Å²) in [5, 5.41) is 14.4. The predicted octanol–water partition coefficient (Wildman–Crippen LogP) is 6.67. The molecule has 0 aliphatic heterocycles. The van der Waals surface area contributed by atoms with E-state index in [1.165, 1.54) is 17.6 Å². The van der Waals surface area contributed by atoms with Crippen molar-refractivity contribution in [1.29, 1.82) is 0 Å². The molecule has 0 heterocycles. The van der Waals surface area contributed by atoms with E-state index in [-0.39, 0.29) is 17.9 Å². The van der Waals surface area contributed by atoms with E-state index >= 15 is 0 Å². The molecule has 1 fully saturated rings.